The second-order valence-corrected chi connectivity index (χ2v) is 21.7. The number of amides is 1. The largest absolute Gasteiger partial charge is 0.756 e. The maximum Gasteiger partial charge on any atom is 0.268 e. The molecule has 0 aromatic heterocycles. The molecule has 0 aromatic carbocycles. The van der Waals surface area contributed by atoms with E-state index in [2.05, 4.69) is 19.2 Å². The van der Waals surface area contributed by atoms with Crippen molar-refractivity contribution in [2.75, 3.05) is 40.9 Å². The van der Waals surface area contributed by atoms with Gasteiger partial charge >= 0.3 is 0 Å². The highest BCUT2D eigenvalue weighted by Crippen LogP contribution is 2.38. The summed E-state index contributed by atoms with van der Waals surface area (Å²) in [4.78, 5) is 25.4. The minimum Gasteiger partial charge on any atom is -0.756 e. The van der Waals surface area contributed by atoms with Crippen LogP contribution in [0, 0.1) is 0 Å². The summed E-state index contributed by atoms with van der Waals surface area (Å²) < 4.78 is 23.3. The van der Waals surface area contributed by atoms with E-state index in [0.29, 0.717) is 23.9 Å². The van der Waals surface area contributed by atoms with E-state index < -0.39 is 20.0 Å². The number of quaternary nitrogens is 1. The lowest BCUT2D eigenvalue weighted by atomic mass is 10.0. The number of nitrogens with one attached hydrogen (secondary N) is 1. The molecule has 0 aliphatic carbocycles. The average molecular weight is 901 g/mol. The van der Waals surface area contributed by atoms with Crippen LogP contribution in [0.25, 0.3) is 0 Å². The lowest BCUT2D eigenvalue weighted by molar-refractivity contribution is -0.870. The average Bonchev–Trinajstić information content (AvgIpc) is 3.23. The van der Waals surface area contributed by atoms with Crippen LogP contribution in [0.3, 0.4) is 0 Å². The molecule has 8 nitrogen and oxygen atoms in total. The van der Waals surface area contributed by atoms with Crippen LogP contribution in [0.15, 0.2) is 0 Å². The van der Waals surface area contributed by atoms with Crippen LogP contribution in [0.5, 0.6) is 0 Å². The Labute approximate surface area is 387 Å². The summed E-state index contributed by atoms with van der Waals surface area (Å²) in [6.45, 7) is 4.76. The molecule has 0 rings (SSSR count). The predicted molar refractivity (Wildman–Crippen MR) is 266 cm³/mol. The highest BCUT2D eigenvalue weighted by Gasteiger charge is 2.24. The number of hydrogen-bond donors (Lipinski definition) is 2. The fourth-order valence-corrected chi connectivity index (χ4v) is 9.24. The Morgan fingerprint density at radius 3 is 1.10 bits per heavy atom. The third-order valence-corrected chi connectivity index (χ3v) is 13.8. The lowest BCUT2D eigenvalue weighted by Crippen LogP contribution is -2.46. The van der Waals surface area contributed by atoms with E-state index in [1.807, 2.05) is 21.1 Å². The van der Waals surface area contributed by atoms with Crippen molar-refractivity contribution in [2.24, 2.45) is 0 Å². The molecule has 0 fully saturated rings. The summed E-state index contributed by atoms with van der Waals surface area (Å²) >= 11 is 0. The molecule has 0 aliphatic rings. The summed E-state index contributed by atoms with van der Waals surface area (Å²) in [5.41, 5.74) is 0. The van der Waals surface area contributed by atoms with E-state index in [4.69, 9.17) is 9.05 Å². The summed E-state index contributed by atoms with van der Waals surface area (Å²) in [6, 6.07) is -0.793. The van der Waals surface area contributed by atoms with Crippen molar-refractivity contribution >= 4 is 13.7 Å². The molecule has 0 spiro atoms. The Kier molecular flexibility index (Phi) is 45.3. The SMILES string of the molecule is CCCCCCCCCCCCCCCCCCCCCCCCCCCCCC(=O)NC(COP(=O)([O-])OCC[N+](C)(C)C)C(O)CCCCCCCCCCCCCCC. The zero-order valence-electron chi connectivity index (χ0n) is 42.4. The molecule has 372 valence electrons. The van der Waals surface area contributed by atoms with E-state index in [0.717, 1.165) is 38.5 Å². The molecule has 0 saturated heterocycles. The first kappa shape index (κ1) is 61.5. The Balaban J connectivity index is 4.04. The number of phosphoric ester groups is 1. The minimum atomic E-state index is -4.56. The van der Waals surface area contributed by atoms with Crippen LogP contribution >= 0.6 is 7.82 Å². The van der Waals surface area contributed by atoms with Crippen LogP contribution in [0.2, 0.25) is 0 Å². The number of unbranched alkanes of at least 4 members (excludes halogenated alkanes) is 38. The summed E-state index contributed by atoms with van der Waals surface area (Å²) in [5.74, 6) is -0.158. The zero-order chi connectivity index (χ0) is 45.7. The zero-order valence-corrected chi connectivity index (χ0v) is 43.3. The van der Waals surface area contributed by atoms with Crippen molar-refractivity contribution in [3.05, 3.63) is 0 Å². The Morgan fingerprint density at radius 2 is 0.790 bits per heavy atom. The molecule has 3 atom stereocenters. The van der Waals surface area contributed by atoms with E-state index in [1.54, 1.807) is 0 Å². The summed E-state index contributed by atoms with van der Waals surface area (Å²) in [7, 11) is 1.32. The number of hydrogen-bond acceptors (Lipinski definition) is 6. The molecule has 0 saturated carbocycles. The van der Waals surface area contributed by atoms with Crippen molar-refractivity contribution < 1.29 is 32.9 Å². The molecule has 0 heterocycles. The summed E-state index contributed by atoms with van der Waals surface area (Å²) in [6.07, 6.45) is 52.8. The quantitative estimate of drug-likeness (QED) is 0.0358. The molecule has 1 amide bonds. The van der Waals surface area contributed by atoms with Crippen LogP contribution in [-0.4, -0.2) is 68.5 Å². The van der Waals surface area contributed by atoms with E-state index in [-0.39, 0.29) is 19.1 Å². The monoisotopic (exact) mass is 901 g/mol. The van der Waals surface area contributed by atoms with Gasteiger partial charge in [-0.3, -0.25) is 9.36 Å². The smallest absolute Gasteiger partial charge is 0.268 e. The van der Waals surface area contributed by atoms with Crippen molar-refractivity contribution in [3.63, 3.8) is 0 Å². The van der Waals surface area contributed by atoms with Crippen molar-refractivity contribution in [1.29, 1.82) is 0 Å². The second-order valence-electron chi connectivity index (χ2n) is 20.3. The maximum absolute atomic E-state index is 12.9. The molecule has 0 aromatic rings. The third-order valence-electron chi connectivity index (χ3n) is 12.8. The van der Waals surface area contributed by atoms with Crippen LogP contribution in [-0.2, 0) is 18.4 Å². The maximum atomic E-state index is 12.9. The number of nitrogens with zero attached hydrogens (tertiary/aromatic N) is 1. The summed E-state index contributed by atoms with van der Waals surface area (Å²) in [5, 5.41) is 14.0. The highest BCUT2D eigenvalue weighted by molar-refractivity contribution is 7.45. The fraction of sp³-hybridized carbons (Fsp3) is 0.981. The van der Waals surface area contributed by atoms with Crippen LogP contribution < -0.4 is 10.2 Å². The molecule has 0 radical (unpaired) electrons. The second kappa shape index (κ2) is 45.6. The van der Waals surface area contributed by atoms with Gasteiger partial charge in [0.25, 0.3) is 7.82 Å². The van der Waals surface area contributed by atoms with Gasteiger partial charge in [-0.15, -0.1) is 0 Å². The number of carbonyl (C=O) groups excluding carboxylic acids is 1. The van der Waals surface area contributed by atoms with Crippen LogP contribution in [0.1, 0.15) is 284 Å². The van der Waals surface area contributed by atoms with Gasteiger partial charge in [-0.2, -0.15) is 0 Å². The van der Waals surface area contributed by atoms with Crippen LogP contribution in [0.4, 0.5) is 0 Å². The van der Waals surface area contributed by atoms with E-state index in [9.17, 15) is 19.4 Å². The van der Waals surface area contributed by atoms with Crippen molar-refractivity contribution in [1.82, 2.24) is 5.32 Å². The number of aliphatic hydroxyl groups excluding tert-OH is 1. The van der Waals surface area contributed by atoms with Gasteiger partial charge in [-0.1, -0.05) is 264 Å². The van der Waals surface area contributed by atoms with Gasteiger partial charge in [-0.25, -0.2) is 0 Å². The molecule has 2 N–H and O–H groups in total. The lowest BCUT2D eigenvalue weighted by Gasteiger charge is -2.30. The molecule has 0 bridgehead atoms. The van der Waals surface area contributed by atoms with E-state index in [1.165, 1.54) is 218 Å². The van der Waals surface area contributed by atoms with Gasteiger partial charge in [0, 0.05) is 6.42 Å². The van der Waals surface area contributed by atoms with Crippen molar-refractivity contribution in [3.8, 4) is 0 Å². The van der Waals surface area contributed by atoms with Gasteiger partial charge in [0.2, 0.25) is 5.91 Å². The first-order valence-electron chi connectivity index (χ1n) is 27.4. The fourth-order valence-electron chi connectivity index (χ4n) is 8.51. The molecular weight excluding hydrogens is 792 g/mol. The Morgan fingerprint density at radius 1 is 0.500 bits per heavy atom. The van der Waals surface area contributed by atoms with Gasteiger partial charge < -0.3 is 28.8 Å². The topological polar surface area (TPSA) is 108 Å². The number of likely N-dealkylation sites (N-methyl/N-ethyl adjacent to an activating group) is 1. The third kappa shape index (κ3) is 47.5. The normalized spacial score (nSPS) is 14.0. The number of aliphatic hydroxyl groups is 1. The standard InChI is InChI=1S/C53H109N2O6P/c1-6-8-10-12-14-16-18-20-21-22-23-24-25-26-27-28-29-30-31-32-33-35-37-39-41-43-45-47-53(57)54-51(50-61-62(58,59)60-49-48-55(3,4)5)52(56)46-44-42-40-38-36-34-19-17-15-13-11-9-7-2/h51-52,56H,6-50H2,1-5H3,(H-,54,57,58,59). The molecule has 9 heteroatoms. The van der Waals surface area contributed by atoms with Gasteiger partial charge in [-0.05, 0) is 12.8 Å². The Bertz CT molecular complexity index is 978. The first-order chi connectivity index (χ1) is 30.0. The Hall–Kier alpha value is -0.500. The number of rotatable bonds is 51. The molecule has 0 aliphatic heterocycles. The number of phosphoric acid groups is 1. The number of carbonyl (C=O) groups is 1. The first-order valence-corrected chi connectivity index (χ1v) is 28.8. The predicted octanol–water partition coefficient (Wildman–Crippen LogP) is 15.5. The minimum absolute atomic E-state index is 0.0163. The van der Waals surface area contributed by atoms with Crippen molar-refractivity contribution in [2.45, 2.75) is 296 Å². The van der Waals surface area contributed by atoms with Gasteiger partial charge in [0.15, 0.2) is 0 Å². The van der Waals surface area contributed by atoms with E-state index >= 15 is 0 Å². The van der Waals surface area contributed by atoms with Gasteiger partial charge in [0.1, 0.15) is 13.2 Å². The molecule has 62 heavy (non-hydrogen) atoms. The molecule has 3 unspecified atom stereocenters. The highest BCUT2D eigenvalue weighted by atomic mass is 31.2. The molecular formula is C53H109N2O6P. The van der Waals surface area contributed by atoms with Gasteiger partial charge in [0.05, 0.1) is 39.9 Å².